The van der Waals surface area contributed by atoms with E-state index >= 15 is 0 Å². The Morgan fingerprint density at radius 2 is 2.05 bits per heavy atom. The van der Waals surface area contributed by atoms with E-state index in [1.165, 1.54) is 11.1 Å². The number of halogens is 2. The second-order valence-electron chi connectivity index (χ2n) is 5.57. The first-order chi connectivity index (χ1) is 10.1. The smallest absolute Gasteiger partial charge is 0.163 e. The summed E-state index contributed by atoms with van der Waals surface area (Å²) in [6, 6.07) is 13.9. The Hall–Kier alpha value is -1.12. The summed E-state index contributed by atoms with van der Waals surface area (Å²) >= 11 is 9.43. The predicted octanol–water partition coefficient (Wildman–Crippen LogP) is 5.80. The van der Waals surface area contributed by atoms with Gasteiger partial charge < -0.3 is 0 Å². The summed E-state index contributed by atoms with van der Waals surface area (Å²) in [4.78, 5) is 12.5. The lowest BCUT2D eigenvalue weighted by Crippen LogP contribution is -2.14. The van der Waals surface area contributed by atoms with Crippen LogP contribution in [0.5, 0.6) is 0 Å². The van der Waals surface area contributed by atoms with Crippen molar-refractivity contribution in [2.24, 2.45) is 0 Å². The van der Waals surface area contributed by atoms with Crippen molar-refractivity contribution in [3.05, 3.63) is 68.7 Å². The zero-order valence-electron chi connectivity index (χ0n) is 11.6. The second-order valence-corrected chi connectivity index (χ2v) is 6.93. The van der Waals surface area contributed by atoms with Crippen LogP contribution in [0.2, 0.25) is 5.02 Å². The first-order valence-corrected chi connectivity index (χ1v) is 8.37. The van der Waals surface area contributed by atoms with Gasteiger partial charge in [0.25, 0.3) is 0 Å². The molecule has 21 heavy (non-hydrogen) atoms. The van der Waals surface area contributed by atoms with Crippen molar-refractivity contribution in [3.63, 3.8) is 0 Å². The van der Waals surface area contributed by atoms with Gasteiger partial charge in [-0.1, -0.05) is 51.8 Å². The molecule has 1 aliphatic carbocycles. The number of rotatable bonds is 3. The van der Waals surface area contributed by atoms with Crippen molar-refractivity contribution in [1.82, 2.24) is 0 Å². The van der Waals surface area contributed by atoms with E-state index < -0.39 is 0 Å². The Morgan fingerprint density at radius 3 is 2.86 bits per heavy atom. The summed E-state index contributed by atoms with van der Waals surface area (Å²) in [7, 11) is 0. The van der Waals surface area contributed by atoms with E-state index in [0.29, 0.717) is 22.9 Å². The normalized spacial score (nSPS) is 17.3. The highest BCUT2D eigenvalue weighted by molar-refractivity contribution is 9.10. The molecule has 108 valence electrons. The zero-order chi connectivity index (χ0) is 14.8. The largest absolute Gasteiger partial charge is 0.294 e. The van der Waals surface area contributed by atoms with Crippen molar-refractivity contribution >= 4 is 33.3 Å². The third-order valence-electron chi connectivity index (χ3n) is 4.11. The van der Waals surface area contributed by atoms with Gasteiger partial charge >= 0.3 is 0 Å². The Labute approximate surface area is 138 Å². The van der Waals surface area contributed by atoms with Crippen LogP contribution in [-0.2, 0) is 6.42 Å². The molecular weight excluding hydrogens is 348 g/mol. The number of benzene rings is 2. The van der Waals surface area contributed by atoms with Crippen LogP contribution >= 0.6 is 27.5 Å². The molecular formula is C18H16BrClO. The topological polar surface area (TPSA) is 17.1 Å². The van der Waals surface area contributed by atoms with Crippen LogP contribution in [0.3, 0.4) is 0 Å². The van der Waals surface area contributed by atoms with Crippen LogP contribution in [-0.4, -0.2) is 5.78 Å². The van der Waals surface area contributed by atoms with Crippen LogP contribution in [0.1, 0.15) is 46.7 Å². The second kappa shape index (κ2) is 6.33. The summed E-state index contributed by atoms with van der Waals surface area (Å²) in [5, 5.41) is 0.594. The van der Waals surface area contributed by atoms with Crippen LogP contribution in [0.25, 0.3) is 0 Å². The van der Waals surface area contributed by atoms with Gasteiger partial charge in [-0.15, -0.1) is 0 Å². The maximum absolute atomic E-state index is 12.5. The highest BCUT2D eigenvalue weighted by Crippen LogP contribution is 2.35. The molecule has 2 aromatic carbocycles. The lowest BCUT2D eigenvalue weighted by atomic mass is 9.79. The van der Waals surface area contributed by atoms with Gasteiger partial charge in [-0.2, -0.15) is 0 Å². The number of Topliss-reactive ketones (excluding diaryl/α,β-unsaturated/α-hetero) is 1. The van der Waals surface area contributed by atoms with Crippen molar-refractivity contribution in [2.75, 3.05) is 0 Å². The minimum absolute atomic E-state index is 0.167. The molecule has 0 aromatic heterocycles. The average Bonchev–Trinajstić information content (AvgIpc) is 2.46. The fourth-order valence-corrected chi connectivity index (χ4v) is 3.98. The molecule has 1 atom stereocenters. The summed E-state index contributed by atoms with van der Waals surface area (Å²) < 4.78 is 0.849. The molecule has 0 heterocycles. The Kier molecular flexibility index (Phi) is 4.46. The zero-order valence-corrected chi connectivity index (χ0v) is 14.0. The number of hydrogen-bond acceptors (Lipinski definition) is 1. The third-order valence-corrected chi connectivity index (χ3v) is 4.79. The van der Waals surface area contributed by atoms with Gasteiger partial charge in [-0.25, -0.2) is 0 Å². The van der Waals surface area contributed by atoms with Crippen LogP contribution < -0.4 is 0 Å². The van der Waals surface area contributed by atoms with E-state index in [-0.39, 0.29) is 5.78 Å². The van der Waals surface area contributed by atoms with E-state index in [9.17, 15) is 4.79 Å². The molecule has 0 saturated heterocycles. The molecule has 1 aliphatic rings. The van der Waals surface area contributed by atoms with E-state index in [2.05, 4.69) is 40.2 Å². The summed E-state index contributed by atoms with van der Waals surface area (Å²) in [5.41, 5.74) is 3.43. The van der Waals surface area contributed by atoms with Gasteiger partial charge in [0.05, 0.1) is 0 Å². The van der Waals surface area contributed by atoms with Crippen LogP contribution in [0, 0.1) is 0 Å². The monoisotopic (exact) mass is 362 g/mol. The lowest BCUT2D eigenvalue weighted by molar-refractivity contribution is 0.0971. The van der Waals surface area contributed by atoms with E-state index in [1.807, 2.05) is 6.07 Å². The molecule has 0 amide bonds. The average molecular weight is 364 g/mol. The van der Waals surface area contributed by atoms with Gasteiger partial charge in [0.1, 0.15) is 0 Å². The van der Waals surface area contributed by atoms with Crippen molar-refractivity contribution in [2.45, 2.75) is 31.6 Å². The van der Waals surface area contributed by atoms with Gasteiger partial charge in [0.2, 0.25) is 0 Å². The van der Waals surface area contributed by atoms with E-state index in [4.69, 9.17) is 11.6 Å². The Morgan fingerprint density at radius 1 is 1.24 bits per heavy atom. The fraction of sp³-hybridized carbons (Fsp3) is 0.278. The molecule has 3 rings (SSSR count). The minimum atomic E-state index is 0.167. The Bertz CT molecular complexity index is 660. The number of carbonyl (C=O) groups is 1. The molecule has 1 nitrogen and oxygen atoms in total. The minimum Gasteiger partial charge on any atom is -0.294 e. The van der Waals surface area contributed by atoms with Crippen molar-refractivity contribution < 1.29 is 4.79 Å². The standard InChI is InChI=1S/C18H16BrClO/c19-15-8-14(9-16(20)11-15)18(21)10-13-6-3-5-12-4-1-2-7-17(12)13/h1-2,4,7-9,11,13H,3,5-6,10H2. The summed E-state index contributed by atoms with van der Waals surface area (Å²) in [6.07, 6.45) is 3.94. The fourth-order valence-electron chi connectivity index (χ4n) is 3.12. The SMILES string of the molecule is O=C(CC1CCCc2ccccc21)c1cc(Cl)cc(Br)c1. The van der Waals surface area contributed by atoms with E-state index in [0.717, 1.165) is 23.7 Å². The highest BCUT2D eigenvalue weighted by atomic mass is 79.9. The quantitative estimate of drug-likeness (QED) is 0.630. The van der Waals surface area contributed by atoms with Gasteiger partial charge in [-0.3, -0.25) is 4.79 Å². The molecule has 0 radical (unpaired) electrons. The molecule has 0 N–H and O–H groups in total. The number of fused-ring (bicyclic) bond motifs is 1. The molecule has 3 heteroatoms. The van der Waals surface area contributed by atoms with Gasteiger partial charge in [0.15, 0.2) is 5.78 Å². The molecule has 0 saturated carbocycles. The van der Waals surface area contributed by atoms with Crippen molar-refractivity contribution in [3.8, 4) is 0 Å². The lowest BCUT2D eigenvalue weighted by Gasteiger charge is -2.25. The predicted molar refractivity (Wildman–Crippen MR) is 90.2 cm³/mol. The van der Waals surface area contributed by atoms with Gasteiger partial charge in [-0.05, 0) is 54.5 Å². The molecule has 2 aromatic rings. The maximum atomic E-state index is 12.5. The summed E-state index contributed by atoms with van der Waals surface area (Å²) in [6.45, 7) is 0. The van der Waals surface area contributed by atoms with Gasteiger partial charge in [0, 0.05) is 21.5 Å². The first-order valence-electron chi connectivity index (χ1n) is 7.20. The van der Waals surface area contributed by atoms with E-state index in [1.54, 1.807) is 12.1 Å². The molecule has 0 aliphatic heterocycles. The summed E-state index contributed by atoms with van der Waals surface area (Å²) in [5.74, 6) is 0.500. The molecule has 1 unspecified atom stereocenters. The van der Waals surface area contributed by atoms with Crippen molar-refractivity contribution in [1.29, 1.82) is 0 Å². The number of ketones is 1. The molecule has 0 spiro atoms. The highest BCUT2D eigenvalue weighted by Gasteiger charge is 2.23. The number of hydrogen-bond donors (Lipinski definition) is 0. The Balaban J connectivity index is 1.82. The third kappa shape index (κ3) is 3.38. The number of aryl methyl sites for hydroxylation is 1. The van der Waals surface area contributed by atoms with Crippen LogP contribution in [0.4, 0.5) is 0 Å². The van der Waals surface area contributed by atoms with Crippen LogP contribution in [0.15, 0.2) is 46.9 Å². The number of carbonyl (C=O) groups excluding carboxylic acids is 1. The molecule has 0 bridgehead atoms. The maximum Gasteiger partial charge on any atom is 0.163 e. The molecule has 0 fully saturated rings. The first kappa shape index (κ1) is 14.8.